The second-order valence-corrected chi connectivity index (χ2v) is 9.18. The fraction of sp³-hybridized carbons (Fsp3) is 0.125. The molecule has 0 atom stereocenters. The summed E-state index contributed by atoms with van der Waals surface area (Å²) in [5, 5.41) is 7.71. The van der Waals surface area contributed by atoms with Gasteiger partial charge in [0.25, 0.3) is 5.91 Å². The van der Waals surface area contributed by atoms with Gasteiger partial charge in [0.15, 0.2) is 10.9 Å². The quantitative estimate of drug-likeness (QED) is 0.354. The lowest BCUT2D eigenvalue weighted by Gasteiger charge is -2.07. The average Bonchev–Trinajstić information content (AvgIpc) is 3.45. The SMILES string of the molecule is Cc1ccc(Sc2ccc(NC(=O)Cc3csc(NC(=O)c4ccco4)n3)cc2)cc1C. The molecule has 0 aliphatic heterocycles. The molecule has 2 N–H and O–H groups in total. The third kappa shape index (κ3) is 5.66. The summed E-state index contributed by atoms with van der Waals surface area (Å²) in [6.45, 7) is 4.21. The Morgan fingerprint density at radius 2 is 1.78 bits per heavy atom. The van der Waals surface area contributed by atoms with Gasteiger partial charge in [-0.3, -0.25) is 14.9 Å². The third-order valence-electron chi connectivity index (χ3n) is 4.71. The zero-order valence-electron chi connectivity index (χ0n) is 17.5. The van der Waals surface area contributed by atoms with E-state index in [9.17, 15) is 9.59 Å². The molecule has 0 saturated heterocycles. The minimum Gasteiger partial charge on any atom is -0.459 e. The minimum atomic E-state index is -0.376. The smallest absolute Gasteiger partial charge is 0.293 e. The Morgan fingerprint density at radius 3 is 2.50 bits per heavy atom. The van der Waals surface area contributed by atoms with Crippen molar-refractivity contribution in [2.24, 2.45) is 0 Å². The predicted octanol–water partition coefficient (Wildman–Crippen LogP) is 5.94. The summed E-state index contributed by atoms with van der Waals surface area (Å²) in [4.78, 5) is 31.0. The van der Waals surface area contributed by atoms with E-state index in [2.05, 4.69) is 47.7 Å². The summed E-state index contributed by atoms with van der Waals surface area (Å²) in [5.41, 5.74) is 3.86. The average molecular weight is 464 g/mol. The predicted molar refractivity (Wildman–Crippen MR) is 128 cm³/mol. The first-order chi connectivity index (χ1) is 15.5. The standard InChI is InChI=1S/C24H21N3O3S2/c1-15-5-8-20(12-16(15)2)32-19-9-6-17(7-10-19)25-22(28)13-18-14-31-24(26-18)27-23(29)21-4-3-11-30-21/h3-12,14H,13H2,1-2H3,(H,25,28)(H,26,27,29). The van der Waals surface area contributed by atoms with Crippen LogP contribution >= 0.6 is 23.1 Å². The fourth-order valence-electron chi connectivity index (χ4n) is 2.90. The molecule has 0 bridgehead atoms. The number of hydrogen-bond acceptors (Lipinski definition) is 6. The van der Waals surface area contributed by atoms with Crippen LogP contribution in [0.4, 0.5) is 10.8 Å². The highest BCUT2D eigenvalue weighted by atomic mass is 32.2. The number of benzene rings is 2. The third-order valence-corrected chi connectivity index (χ3v) is 6.52. The van der Waals surface area contributed by atoms with Crippen molar-refractivity contribution in [3.8, 4) is 0 Å². The number of nitrogens with one attached hydrogen (secondary N) is 2. The van der Waals surface area contributed by atoms with E-state index < -0.39 is 0 Å². The van der Waals surface area contributed by atoms with Crippen LogP contribution in [0.2, 0.25) is 0 Å². The Bertz CT molecular complexity index is 1230. The van der Waals surface area contributed by atoms with Gasteiger partial charge in [0.05, 0.1) is 18.4 Å². The molecule has 4 rings (SSSR count). The zero-order valence-corrected chi connectivity index (χ0v) is 19.2. The first-order valence-electron chi connectivity index (χ1n) is 9.90. The molecular formula is C24H21N3O3S2. The van der Waals surface area contributed by atoms with Crippen LogP contribution in [0.3, 0.4) is 0 Å². The van der Waals surface area contributed by atoms with Gasteiger partial charge in [-0.15, -0.1) is 11.3 Å². The van der Waals surface area contributed by atoms with Crippen molar-refractivity contribution in [2.45, 2.75) is 30.1 Å². The number of rotatable bonds is 7. The van der Waals surface area contributed by atoms with Gasteiger partial charge in [0.1, 0.15) is 0 Å². The summed E-state index contributed by atoms with van der Waals surface area (Å²) < 4.78 is 5.06. The van der Waals surface area contributed by atoms with Gasteiger partial charge in [-0.05, 0) is 73.5 Å². The van der Waals surface area contributed by atoms with Crippen molar-refractivity contribution in [2.75, 3.05) is 10.6 Å². The van der Waals surface area contributed by atoms with Crippen molar-refractivity contribution in [1.82, 2.24) is 4.98 Å². The normalized spacial score (nSPS) is 10.7. The highest BCUT2D eigenvalue weighted by Crippen LogP contribution is 2.30. The van der Waals surface area contributed by atoms with Gasteiger partial charge in [0, 0.05) is 20.9 Å². The van der Waals surface area contributed by atoms with E-state index in [1.54, 1.807) is 29.3 Å². The van der Waals surface area contributed by atoms with E-state index in [1.165, 1.54) is 33.6 Å². The molecule has 0 unspecified atom stereocenters. The van der Waals surface area contributed by atoms with Crippen LogP contribution in [-0.4, -0.2) is 16.8 Å². The maximum absolute atomic E-state index is 12.4. The van der Waals surface area contributed by atoms with Crippen molar-refractivity contribution >= 4 is 45.7 Å². The Balaban J connectivity index is 1.30. The maximum Gasteiger partial charge on any atom is 0.293 e. The number of aromatic nitrogens is 1. The van der Waals surface area contributed by atoms with E-state index in [-0.39, 0.29) is 24.0 Å². The van der Waals surface area contributed by atoms with Crippen molar-refractivity contribution < 1.29 is 14.0 Å². The van der Waals surface area contributed by atoms with Crippen LogP contribution in [0.15, 0.2) is 80.4 Å². The highest BCUT2D eigenvalue weighted by Gasteiger charge is 2.13. The summed E-state index contributed by atoms with van der Waals surface area (Å²) in [7, 11) is 0. The van der Waals surface area contributed by atoms with Crippen LogP contribution in [0.5, 0.6) is 0 Å². The first kappa shape index (κ1) is 21.9. The van der Waals surface area contributed by atoms with Gasteiger partial charge in [-0.1, -0.05) is 17.8 Å². The molecule has 2 amide bonds. The first-order valence-corrected chi connectivity index (χ1v) is 11.6. The van der Waals surface area contributed by atoms with Crippen molar-refractivity contribution in [1.29, 1.82) is 0 Å². The topological polar surface area (TPSA) is 84.2 Å². The molecule has 6 nitrogen and oxygen atoms in total. The number of anilines is 2. The van der Waals surface area contributed by atoms with Crippen LogP contribution in [0, 0.1) is 13.8 Å². The lowest BCUT2D eigenvalue weighted by molar-refractivity contribution is -0.115. The number of nitrogens with zero attached hydrogens (tertiary/aromatic N) is 1. The van der Waals surface area contributed by atoms with E-state index in [0.29, 0.717) is 10.8 Å². The highest BCUT2D eigenvalue weighted by molar-refractivity contribution is 7.99. The number of carbonyl (C=O) groups is 2. The van der Waals surface area contributed by atoms with Crippen LogP contribution in [0.1, 0.15) is 27.4 Å². The largest absolute Gasteiger partial charge is 0.459 e. The summed E-state index contributed by atoms with van der Waals surface area (Å²) in [5.74, 6) is -0.341. The fourth-order valence-corrected chi connectivity index (χ4v) is 4.52. The number of aryl methyl sites for hydroxylation is 2. The molecule has 8 heteroatoms. The Hall–Kier alpha value is -3.36. The molecular weight excluding hydrogens is 442 g/mol. The van der Waals surface area contributed by atoms with Crippen LogP contribution in [-0.2, 0) is 11.2 Å². The molecule has 0 spiro atoms. The van der Waals surface area contributed by atoms with Crippen molar-refractivity contribution in [3.63, 3.8) is 0 Å². The van der Waals surface area contributed by atoms with E-state index in [1.807, 2.05) is 24.3 Å². The van der Waals surface area contributed by atoms with Crippen molar-refractivity contribution in [3.05, 3.63) is 88.8 Å². The molecule has 2 aromatic heterocycles. The Morgan fingerprint density at radius 1 is 1.00 bits per heavy atom. The van der Waals surface area contributed by atoms with Gasteiger partial charge >= 0.3 is 0 Å². The second kappa shape index (κ2) is 9.84. The van der Waals surface area contributed by atoms with E-state index in [4.69, 9.17) is 4.42 Å². The molecule has 0 aliphatic carbocycles. The minimum absolute atomic E-state index is 0.117. The molecule has 162 valence electrons. The number of amides is 2. The molecule has 0 fully saturated rings. The van der Waals surface area contributed by atoms with Crippen LogP contribution in [0.25, 0.3) is 0 Å². The molecule has 0 aliphatic rings. The van der Waals surface area contributed by atoms with Crippen LogP contribution < -0.4 is 10.6 Å². The number of furan rings is 1. The van der Waals surface area contributed by atoms with Gasteiger partial charge in [0.2, 0.25) is 5.91 Å². The lowest BCUT2D eigenvalue weighted by atomic mass is 10.1. The summed E-state index contributed by atoms with van der Waals surface area (Å²) in [6.07, 6.45) is 1.55. The summed E-state index contributed by atoms with van der Waals surface area (Å²) in [6, 6.07) is 17.4. The number of hydrogen-bond donors (Lipinski definition) is 2. The molecule has 32 heavy (non-hydrogen) atoms. The Kier molecular flexibility index (Phi) is 6.72. The summed E-state index contributed by atoms with van der Waals surface area (Å²) >= 11 is 2.95. The second-order valence-electron chi connectivity index (χ2n) is 7.17. The molecule has 2 aromatic carbocycles. The zero-order chi connectivity index (χ0) is 22.5. The van der Waals surface area contributed by atoms with Gasteiger partial charge in [-0.2, -0.15) is 0 Å². The van der Waals surface area contributed by atoms with E-state index >= 15 is 0 Å². The van der Waals surface area contributed by atoms with Gasteiger partial charge < -0.3 is 9.73 Å². The number of thiazole rings is 1. The van der Waals surface area contributed by atoms with Gasteiger partial charge in [-0.25, -0.2) is 4.98 Å². The Labute approximate surface area is 194 Å². The molecule has 0 saturated carbocycles. The number of carbonyl (C=O) groups excluding carboxylic acids is 2. The van der Waals surface area contributed by atoms with E-state index in [0.717, 1.165) is 10.6 Å². The molecule has 0 radical (unpaired) electrons. The molecule has 2 heterocycles. The lowest BCUT2D eigenvalue weighted by Crippen LogP contribution is -2.15. The molecule has 4 aromatic rings. The maximum atomic E-state index is 12.4. The monoisotopic (exact) mass is 463 g/mol.